The molecule has 0 saturated carbocycles. The predicted molar refractivity (Wildman–Crippen MR) is 47.2 cm³/mol. The number of nitrogens with one attached hydrogen (secondary N) is 1. The van der Waals surface area contributed by atoms with E-state index in [-0.39, 0.29) is 11.4 Å². The van der Waals surface area contributed by atoms with Gasteiger partial charge in [0, 0.05) is 6.07 Å². The minimum absolute atomic E-state index is 0.120. The highest BCUT2D eigenvalue weighted by Gasteiger charge is 2.28. The van der Waals surface area contributed by atoms with E-state index in [2.05, 4.69) is 5.32 Å². The molecular weight excluding hydrogens is 188 g/mol. The van der Waals surface area contributed by atoms with Crippen molar-refractivity contribution in [3.8, 4) is 5.75 Å². The Labute approximate surface area is 78.6 Å². The number of hydrogen-bond donors (Lipinski definition) is 1. The number of nitro groups is 1. The van der Waals surface area contributed by atoms with E-state index >= 15 is 0 Å². The van der Waals surface area contributed by atoms with Crippen LogP contribution in [0, 0.1) is 10.1 Å². The number of nitrogens with zero attached hydrogens (tertiary/aromatic N) is 1. The molecule has 1 aromatic carbocycles. The highest BCUT2D eigenvalue weighted by Crippen LogP contribution is 2.39. The van der Waals surface area contributed by atoms with Crippen LogP contribution in [-0.4, -0.2) is 17.4 Å². The molecule has 0 fully saturated rings. The molecular formula is C8H6N2O4. The van der Waals surface area contributed by atoms with Gasteiger partial charge in [-0.1, -0.05) is 6.07 Å². The second-order valence-electron chi connectivity index (χ2n) is 2.73. The first-order chi connectivity index (χ1) is 6.72. The van der Waals surface area contributed by atoms with E-state index in [0.717, 1.165) is 0 Å². The van der Waals surface area contributed by atoms with Gasteiger partial charge in [0.25, 0.3) is 0 Å². The molecule has 1 aliphatic rings. The van der Waals surface area contributed by atoms with Crippen LogP contribution >= 0.6 is 0 Å². The number of carbonyl (C=O) groups excluding carboxylic acids is 1. The van der Waals surface area contributed by atoms with Gasteiger partial charge in [0.15, 0.2) is 6.29 Å². The van der Waals surface area contributed by atoms with Crippen molar-refractivity contribution in [1.82, 2.24) is 0 Å². The fourth-order valence-corrected chi connectivity index (χ4v) is 1.28. The molecule has 14 heavy (non-hydrogen) atoms. The van der Waals surface area contributed by atoms with Gasteiger partial charge < -0.3 is 10.1 Å². The monoisotopic (exact) mass is 194 g/mol. The number of carbonyl (C=O) groups is 1. The molecule has 6 nitrogen and oxygen atoms in total. The molecule has 72 valence electrons. The maximum atomic E-state index is 10.6. The quantitative estimate of drug-likeness (QED) is 0.430. The lowest BCUT2D eigenvalue weighted by Crippen LogP contribution is -2.21. The number of para-hydroxylation sites is 1. The van der Waals surface area contributed by atoms with Crippen molar-refractivity contribution in [2.24, 2.45) is 0 Å². The first-order valence-electron chi connectivity index (χ1n) is 3.88. The minimum Gasteiger partial charge on any atom is -0.454 e. The summed E-state index contributed by atoms with van der Waals surface area (Å²) in [6, 6.07) is 4.47. The summed E-state index contributed by atoms with van der Waals surface area (Å²) in [5.74, 6) is 0.120. The van der Waals surface area contributed by atoms with Crippen molar-refractivity contribution < 1.29 is 14.5 Å². The smallest absolute Gasteiger partial charge is 0.313 e. The number of ether oxygens (including phenoxy) is 1. The molecule has 1 unspecified atom stereocenters. The highest BCUT2D eigenvalue weighted by atomic mass is 16.6. The third kappa shape index (κ3) is 1.17. The second kappa shape index (κ2) is 2.99. The molecule has 0 amide bonds. The van der Waals surface area contributed by atoms with E-state index in [4.69, 9.17) is 4.74 Å². The molecule has 1 aromatic rings. The van der Waals surface area contributed by atoms with Gasteiger partial charge in [-0.15, -0.1) is 0 Å². The van der Waals surface area contributed by atoms with Crippen LogP contribution in [0.1, 0.15) is 0 Å². The zero-order chi connectivity index (χ0) is 10.1. The van der Waals surface area contributed by atoms with Gasteiger partial charge in [0.2, 0.25) is 12.0 Å². The van der Waals surface area contributed by atoms with E-state index in [1.807, 2.05) is 0 Å². The average Bonchev–Trinajstić information content (AvgIpc) is 2.59. The zero-order valence-corrected chi connectivity index (χ0v) is 6.97. The number of benzene rings is 1. The van der Waals surface area contributed by atoms with Gasteiger partial charge in [-0.2, -0.15) is 0 Å². The molecule has 0 spiro atoms. The third-order valence-corrected chi connectivity index (χ3v) is 1.86. The molecule has 0 aliphatic carbocycles. The SMILES string of the molecule is O=CC1Nc2cccc([N+](=O)[O-])c2O1. The van der Waals surface area contributed by atoms with Crippen LogP contribution in [0.2, 0.25) is 0 Å². The van der Waals surface area contributed by atoms with Crippen molar-refractivity contribution in [3.05, 3.63) is 28.3 Å². The Hall–Kier alpha value is -2.11. The number of aldehydes is 1. The topological polar surface area (TPSA) is 81.5 Å². The van der Waals surface area contributed by atoms with Crippen LogP contribution in [-0.2, 0) is 4.79 Å². The summed E-state index contributed by atoms with van der Waals surface area (Å²) in [4.78, 5) is 20.4. The van der Waals surface area contributed by atoms with E-state index in [1.54, 1.807) is 6.07 Å². The summed E-state index contributed by atoms with van der Waals surface area (Å²) in [5.41, 5.74) is 0.329. The summed E-state index contributed by atoms with van der Waals surface area (Å²) in [6.45, 7) is 0. The first kappa shape index (κ1) is 8.49. The average molecular weight is 194 g/mol. The Kier molecular flexibility index (Phi) is 1.81. The summed E-state index contributed by atoms with van der Waals surface area (Å²) >= 11 is 0. The summed E-state index contributed by atoms with van der Waals surface area (Å²) < 4.78 is 5.03. The Balaban J connectivity index is 2.46. The number of anilines is 1. The van der Waals surface area contributed by atoms with Crippen LogP contribution in [0.25, 0.3) is 0 Å². The predicted octanol–water partition coefficient (Wildman–Crippen LogP) is 0.924. The van der Waals surface area contributed by atoms with Crippen LogP contribution in [0.15, 0.2) is 18.2 Å². The van der Waals surface area contributed by atoms with Crippen LogP contribution in [0.3, 0.4) is 0 Å². The van der Waals surface area contributed by atoms with E-state index in [0.29, 0.717) is 12.0 Å². The van der Waals surface area contributed by atoms with Gasteiger partial charge >= 0.3 is 5.69 Å². The van der Waals surface area contributed by atoms with Crippen molar-refractivity contribution in [2.75, 3.05) is 5.32 Å². The summed E-state index contributed by atoms with van der Waals surface area (Å²) in [6.07, 6.45) is -0.282. The molecule has 0 saturated heterocycles. The molecule has 0 radical (unpaired) electrons. The van der Waals surface area contributed by atoms with Crippen molar-refractivity contribution in [1.29, 1.82) is 0 Å². The van der Waals surface area contributed by atoms with Crippen LogP contribution in [0.4, 0.5) is 11.4 Å². The van der Waals surface area contributed by atoms with E-state index in [9.17, 15) is 14.9 Å². The zero-order valence-electron chi connectivity index (χ0n) is 6.97. The Morgan fingerprint density at radius 3 is 3.00 bits per heavy atom. The van der Waals surface area contributed by atoms with Gasteiger partial charge in [-0.05, 0) is 6.07 Å². The molecule has 1 atom stereocenters. The lowest BCUT2D eigenvalue weighted by atomic mass is 10.2. The second-order valence-corrected chi connectivity index (χ2v) is 2.73. The largest absolute Gasteiger partial charge is 0.454 e. The molecule has 6 heteroatoms. The molecule has 1 N–H and O–H groups in total. The third-order valence-electron chi connectivity index (χ3n) is 1.86. The van der Waals surface area contributed by atoms with Crippen molar-refractivity contribution in [2.45, 2.75) is 6.23 Å². The molecule has 1 heterocycles. The summed E-state index contributed by atoms with van der Waals surface area (Å²) in [5, 5.41) is 13.2. The maximum Gasteiger partial charge on any atom is 0.313 e. The summed E-state index contributed by atoms with van der Waals surface area (Å²) in [7, 11) is 0. The fraction of sp³-hybridized carbons (Fsp3) is 0.125. The van der Waals surface area contributed by atoms with Gasteiger partial charge in [0.1, 0.15) is 0 Å². The number of hydrogen-bond acceptors (Lipinski definition) is 5. The lowest BCUT2D eigenvalue weighted by molar-refractivity contribution is -0.385. The molecule has 0 bridgehead atoms. The van der Waals surface area contributed by atoms with Crippen molar-refractivity contribution in [3.63, 3.8) is 0 Å². The first-order valence-corrected chi connectivity index (χ1v) is 3.88. The van der Waals surface area contributed by atoms with Gasteiger partial charge in [-0.3, -0.25) is 14.9 Å². The number of nitro benzene ring substituents is 1. The number of fused-ring (bicyclic) bond motifs is 1. The Bertz CT molecular complexity index is 404. The normalized spacial score (nSPS) is 17.9. The fourth-order valence-electron chi connectivity index (χ4n) is 1.28. The van der Waals surface area contributed by atoms with Crippen LogP contribution in [0.5, 0.6) is 5.75 Å². The van der Waals surface area contributed by atoms with E-state index in [1.165, 1.54) is 12.1 Å². The van der Waals surface area contributed by atoms with Gasteiger partial charge in [-0.25, -0.2) is 0 Å². The van der Waals surface area contributed by atoms with Crippen LogP contribution < -0.4 is 10.1 Å². The van der Waals surface area contributed by atoms with Crippen molar-refractivity contribution >= 4 is 17.7 Å². The van der Waals surface area contributed by atoms with Gasteiger partial charge in [0.05, 0.1) is 10.6 Å². The Morgan fingerprint density at radius 2 is 2.36 bits per heavy atom. The molecule has 1 aliphatic heterocycles. The molecule has 2 rings (SSSR count). The maximum absolute atomic E-state index is 10.6. The standard InChI is InChI=1S/C8H6N2O4/c11-4-7-9-5-2-1-3-6(10(12)13)8(5)14-7/h1-4,7,9H. The minimum atomic E-state index is -0.828. The molecule has 0 aromatic heterocycles. The van der Waals surface area contributed by atoms with E-state index < -0.39 is 11.2 Å². The highest BCUT2D eigenvalue weighted by molar-refractivity contribution is 5.75. The lowest BCUT2D eigenvalue weighted by Gasteiger charge is -2.00. The number of rotatable bonds is 2. The Morgan fingerprint density at radius 1 is 1.57 bits per heavy atom.